The summed E-state index contributed by atoms with van der Waals surface area (Å²) < 4.78 is 42.7. The van der Waals surface area contributed by atoms with Crippen LogP contribution in [-0.4, -0.2) is 40.3 Å². The summed E-state index contributed by atoms with van der Waals surface area (Å²) in [6.45, 7) is 0.821. The van der Waals surface area contributed by atoms with Crippen LogP contribution in [-0.2, 0) is 28.6 Å². The Bertz CT molecular complexity index is 951. The van der Waals surface area contributed by atoms with Gasteiger partial charge in [0.1, 0.15) is 17.7 Å². The lowest BCUT2D eigenvalue weighted by Crippen LogP contribution is -2.42. The first kappa shape index (κ1) is 20.1. The summed E-state index contributed by atoms with van der Waals surface area (Å²) in [5.74, 6) is 0.899. The average Bonchev–Trinajstić information content (AvgIpc) is 3.05. The number of aliphatic imine (C=N–C) groups is 1. The number of hydrogen-bond donors (Lipinski definition) is 2. The molecule has 0 aromatic heterocycles. The molecule has 0 bridgehead atoms. The van der Waals surface area contributed by atoms with Gasteiger partial charge in [0.2, 0.25) is 0 Å². The second kappa shape index (κ2) is 8.60. The monoisotopic (exact) mass is 405 g/mol. The Labute approximate surface area is 164 Å². The van der Waals surface area contributed by atoms with Crippen LogP contribution in [0.3, 0.4) is 0 Å². The van der Waals surface area contributed by atoms with Crippen molar-refractivity contribution in [3.63, 3.8) is 0 Å². The molecule has 0 saturated carbocycles. The Morgan fingerprint density at radius 3 is 2.71 bits per heavy atom. The van der Waals surface area contributed by atoms with Crippen molar-refractivity contribution in [3.8, 4) is 5.75 Å². The first-order valence-electron chi connectivity index (χ1n) is 8.98. The predicted molar refractivity (Wildman–Crippen MR) is 108 cm³/mol. The molecule has 0 fully saturated rings. The molecule has 0 saturated heterocycles. The lowest BCUT2D eigenvalue weighted by molar-refractivity contribution is 0.235. The molecule has 6 nitrogen and oxygen atoms in total. The van der Waals surface area contributed by atoms with E-state index < -0.39 is 15.7 Å². The second-order valence-corrected chi connectivity index (χ2v) is 8.98. The van der Waals surface area contributed by atoms with E-state index in [1.807, 2.05) is 18.2 Å². The molecule has 2 aromatic carbocycles. The van der Waals surface area contributed by atoms with Crippen LogP contribution in [0.4, 0.5) is 4.39 Å². The van der Waals surface area contributed by atoms with Gasteiger partial charge in [-0.2, -0.15) is 0 Å². The van der Waals surface area contributed by atoms with Crippen LogP contribution in [0, 0.1) is 5.82 Å². The van der Waals surface area contributed by atoms with Crippen LogP contribution in [0.15, 0.2) is 47.5 Å². The molecule has 0 radical (unpaired) electrons. The molecule has 0 spiro atoms. The van der Waals surface area contributed by atoms with Gasteiger partial charge in [-0.05, 0) is 34.9 Å². The minimum absolute atomic E-state index is 0.00548. The molecular formula is C20H24FN3O3S. The third-order valence-corrected chi connectivity index (χ3v) is 5.30. The van der Waals surface area contributed by atoms with Gasteiger partial charge in [0.15, 0.2) is 15.8 Å². The van der Waals surface area contributed by atoms with Crippen LogP contribution < -0.4 is 15.4 Å². The van der Waals surface area contributed by atoms with Crippen molar-refractivity contribution >= 4 is 15.8 Å². The maximum absolute atomic E-state index is 13.6. The first-order chi connectivity index (χ1) is 13.3. The fourth-order valence-corrected chi connectivity index (χ4v) is 4.01. The van der Waals surface area contributed by atoms with E-state index in [4.69, 9.17) is 4.74 Å². The zero-order chi connectivity index (χ0) is 20.1. The van der Waals surface area contributed by atoms with E-state index in [1.54, 1.807) is 7.05 Å². The van der Waals surface area contributed by atoms with Crippen molar-refractivity contribution < 1.29 is 17.5 Å². The van der Waals surface area contributed by atoms with Gasteiger partial charge in [0.05, 0.1) is 12.3 Å². The number of guanidine groups is 1. The van der Waals surface area contributed by atoms with Crippen molar-refractivity contribution in [2.24, 2.45) is 4.99 Å². The molecule has 1 unspecified atom stereocenters. The highest BCUT2D eigenvalue weighted by Gasteiger charge is 2.22. The summed E-state index contributed by atoms with van der Waals surface area (Å²) in [6, 6.07) is 12.1. The largest absolute Gasteiger partial charge is 0.488 e. The predicted octanol–water partition coefficient (Wildman–Crippen LogP) is 2.04. The van der Waals surface area contributed by atoms with Gasteiger partial charge in [-0.1, -0.05) is 24.3 Å². The molecule has 3 rings (SSSR count). The fourth-order valence-electron chi connectivity index (χ4n) is 3.16. The zero-order valence-electron chi connectivity index (χ0n) is 15.9. The summed E-state index contributed by atoms with van der Waals surface area (Å²) in [5, 5.41) is 6.31. The highest BCUT2D eigenvalue weighted by Crippen LogP contribution is 2.27. The maximum atomic E-state index is 13.6. The number of halogens is 1. The number of para-hydroxylation sites is 1. The van der Waals surface area contributed by atoms with Crippen molar-refractivity contribution in [1.82, 2.24) is 10.6 Å². The molecule has 1 aliphatic heterocycles. The van der Waals surface area contributed by atoms with E-state index >= 15 is 0 Å². The number of sulfone groups is 1. The normalized spacial score (nSPS) is 16.4. The number of benzene rings is 2. The molecule has 150 valence electrons. The maximum Gasteiger partial charge on any atom is 0.191 e. The van der Waals surface area contributed by atoms with Gasteiger partial charge in [-0.25, -0.2) is 12.8 Å². The zero-order valence-corrected chi connectivity index (χ0v) is 16.7. The van der Waals surface area contributed by atoms with Gasteiger partial charge >= 0.3 is 0 Å². The fraction of sp³-hybridized carbons (Fsp3) is 0.350. The van der Waals surface area contributed by atoms with E-state index in [0.29, 0.717) is 23.6 Å². The van der Waals surface area contributed by atoms with Crippen LogP contribution in [0.5, 0.6) is 5.75 Å². The van der Waals surface area contributed by atoms with Crippen LogP contribution in [0.1, 0.15) is 16.7 Å². The number of nitrogens with one attached hydrogen (secondary N) is 2. The van der Waals surface area contributed by atoms with E-state index in [1.165, 1.54) is 23.8 Å². The molecule has 2 N–H and O–H groups in total. The van der Waals surface area contributed by atoms with Crippen LogP contribution >= 0.6 is 0 Å². The van der Waals surface area contributed by atoms with Crippen molar-refractivity contribution in [1.29, 1.82) is 0 Å². The average molecular weight is 405 g/mol. The van der Waals surface area contributed by atoms with Crippen LogP contribution in [0.25, 0.3) is 0 Å². The Morgan fingerprint density at radius 1 is 1.21 bits per heavy atom. The number of nitrogens with zero attached hydrogens (tertiary/aromatic N) is 1. The van der Waals surface area contributed by atoms with Crippen molar-refractivity contribution in [2.75, 3.05) is 19.8 Å². The Balaban J connectivity index is 1.57. The number of rotatable bonds is 6. The molecule has 0 aliphatic carbocycles. The van der Waals surface area contributed by atoms with Crippen molar-refractivity contribution in [3.05, 3.63) is 65.0 Å². The Hall–Kier alpha value is -2.61. The molecule has 0 amide bonds. The molecule has 1 aliphatic rings. The Morgan fingerprint density at radius 2 is 2.00 bits per heavy atom. The minimum atomic E-state index is -3.22. The van der Waals surface area contributed by atoms with Gasteiger partial charge in [-0.3, -0.25) is 4.99 Å². The number of hydrogen-bond acceptors (Lipinski definition) is 4. The lowest BCUT2D eigenvalue weighted by atomic mass is 10.1. The Kier molecular flexibility index (Phi) is 6.18. The van der Waals surface area contributed by atoms with Gasteiger partial charge in [-0.15, -0.1) is 0 Å². The number of fused-ring (bicyclic) bond motifs is 1. The highest BCUT2D eigenvalue weighted by molar-refractivity contribution is 7.89. The molecule has 28 heavy (non-hydrogen) atoms. The summed E-state index contributed by atoms with van der Waals surface area (Å²) in [7, 11) is -1.58. The van der Waals surface area contributed by atoms with E-state index in [9.17, 15) is 12.8 Å². The molecule has 1 atom stereocenters. The topological polar surface area (TPSA) is 79.8 Å². The molecule has 2 aromatic rings. The third kappa shape index (κ3) is 5.45. The number of ether oxygens (including phenoxy) is 1. The van der Waals surface area contributed by atoms with Gasteiger partial charge in [0, 0.05) is 26.3 Å². The summed E-state index contributed by atoms with van der Waals surface area (Å²) in [5.41, 5.74) is 2.33. The van der Waals surface area contributed by atoms with Crippen molar-refractivity contribution in [2.45, 2.75) is 24.8 Å². The highest BCUT2D eigenvalue weighted by atomic mass is 32.2. The van der Waals surface area contributed by atoms with Gasteiger partial charge in [0.25, 0.3) is 0 Å². The summed E-state index contributed by atoms with van der Waals surface area (Å²) in [4.78, 5) is 4.17. The third-order valence-electron chi connectivity index (χ3n) is 4.47. The van der Waals surface area contributed by atoms with Crippen LogP contribution in [0.2, 0.25) is 0 Å². The smallest absolute Gasteiger partial charge is 0.191 e. The second-order valence-electron chi connectivity index (χ2n) is 6.84. The van der Waals surface area contributed by atoms with Gasteiger partial charge < -0.3 is 15.4 Å². The summed E-state index contributed by atoms with van der Waals surface area (Å²) >= 11 is 0. The lowest BCUT2D eigenvalue weighted by Gasteiger charge is -2.16. The van der Waals surface area contributed by atoms with E-state index in [2.05, 4.69) is 21.7 Å². The standard InChI is InChI=1S/C20H24FN3O3S/c1-22-20(24-12-18-10-14-5-3-4-6-19(14)27-18)23-11-16-9-17(21)8-7-15(16)13-28(2,25)26/h3-9,18H,10-13H2,1-2H3,(H2,22,23,24). The molecule has 8 heteroatoms. The minimum Gasteiger partial charge on any atom is -0.488 e. The van der Waals surface area contributed by atoms with E-state index in [-0.39, 0.29) is 18.4 Å². The SMILES string of the molecule is CN=C(NCc1cc(F)ccc1CS(C)(=O)=O)NCC1Cc2ccccc2O1. The summed E-state index contributed by atoms with van der Waals surface area (Å²) in [6.07, 6.45) is 1.99. The quantitative estimate of drug-likeness (QED) is 0.568. The first-order valence-corrected chi connectivity index (χ1v) is 11.0. The molecular weight excluding hydrogens is 381 g/mol. The van der Waals surface area contributed by atoms with E-state index in [0.717, 1.165) is 18.4 Å². The molecule has 1 heterocycles.